The lowest BCUT2D eigenvalue weighted by atomic mass is 10.0. The highest BCUT2D eigenvalue weighted by Crippen LogP contribution is 2.41. The zero-order chi connectivity index (χ0) is 20.4. The summed E-state index contributed by atoms with van der Waals surface area (Å²) in [4.78, 5) is 6.66. The number of hydrogen-bond acceptors (Lipinski definition) is 4. The Labute approximate surface area is 184 Å². The molecular weight excluding hydrogens is 450 g/mol. The first-order valence-corrected chi connectivity index (χ1v) is 10.6. The number of ether oxygens (including phenoxy) is 1. The third-order valence-electron chi connectivity index (χ3n) is 5.04. The van der Waals surface area contributed by atoms with Crippen LogP contribution >= 0.6 is 28.1 Å². The van der Waals surface area contributed by atoms with Crippen LogP contribution in [0, 0.1) is 6.92 Å². The third kappa shape index (κ3) is 4.08. The first-order valence-electron chi connectivity index (χ1n) is 9.41. The Hall–Kier alpha value is -2.22. The van der Waals surface area contributed by atoms with Gasteiger partial charge in [0, 0.05) is 29.9 Å². The molecule has 2 aromatic heterocycles. The van der Waals surface area contributed by atoms with Crippen LogP contribution in [0.4, 0.5) is 0 Å². The molecule has 1 aromatic carbocycles. The van der Waals surface area contributed by atoms with E-state index in [-0.39, 0.29) is 12.1 Å². The predicted octanol–water partition coefficient (Wildman–Crippen LogP) is 5.03. The van der Waals surface area contributed by atoms with Gasteiger partial charge in [0.1, 0.15) is 17.6 Å². The number of halogens is 1. The molecule has 0 saturated carbocycles. The molecule has 7 heteroatoms. The van der Waals surface area contributed by atoms with Gasteiger partial charge in [-0.05, 0) is 61.1 Å². The molecule has 150 valence electrons. The Morgan fingerprint density at radius 1 is 1.24 bits per heavy atom. The average Bonchev–Trinajstić information content (AvgIpc) is 3.31. The number of pyridine rings is 1. The lowest BCUT2D eigenvalue weighted by molar-refractivity contribution is 0.158. The summed E-state index contributed by atoms with van der Waals surface area (Å²) >= 11 is 9.28. The second kappa shape index (κ2) is 8.65. The van der Waals surface area contributed by atoms with Gasteiger partial charge in [-0.2, -0.15) is 0 Å². The van der Waals surface area contributed by atoms with E-state index in [0.29, 0.717) is 18.3 Å². The van der Waals surface area contributed by atoms with E-state index in [0.717, 1.165) is 27.3 Å². The van der Waals surface area contributed by atoms with Crippen LogP contribution in [0.3, 0.4) is 0 Å². The maximum absolute atomic E-state index is 6.34. The number of nitrogens with zero attached hydrogens (tertiary/aromatic N) is 2. The Morgan fingerprint density at radius 2 is 2.10 bits per heavy atom. The van der Waals surface area contributed by atoms with Gasteiger partial charge >= 0.3 is 0 Å². The molecule has 0 amide bonds. The summed E-state index contributed by atoms with van der Waals surface area (Å²) in [6.07, 6.45) is 1.80. The van der Waals surface area contributed by atoms with Crippen molar-refractivity contribution in [3.63, 3.8) is 0 Å². The van der Waals surface area contributed by atoms with Gasteiger partial charge in [0.05, 0.1) is 18.3 Å². The van der Waals surface area contributed by atoms with Crippen molar-refractivity contribution >= 4 is 33.3 Å². The lowest BCUT2D eigenvalue weighted by Gasteiger charge is -2.25. The molecule has 1 fully saturated rings. The fraction of sp³-hybridized carbons (Fsp3) is 0.273. The minimum atomic E-state index is -0.106. The summed E-state index contributed by atoms with van der Waals surface area (Å²) in [5, 5.41) is 4.09. The summed E-state index contributed by atoms with van der Waals surface area (Å²) in [5.74, 6) is 1.66. The Bertz CT molecular complexity index is 1010. The van der Waals surface area contributed by atoms with Crippen LogP contribution < -0.4 is 5.32 Å². The number of furan rings is 1. The van der Waals surface area contributed by atoms with Crippen LogP contribution in [0.2, 0.25) is 0 Å². The van der Waals surface area contributed by atoms with Gasteiger partial charge in [-0.1, -0.05) is 28.1 Å². The lowest BCUT2D eigenvalue weighted by Crippen LogP contribution is -2.32. The minimum Gasteiger partial charge on any atom is -0.459 e. The monoisotopic (exact) mass is 471 g/mol. The molecule has 1 saturated heterocycles. The molecule has 3 heterocycles. The van der Waals surface area contributed by atoms with Gasteiger partial charge in [0.2, 0.25) is 0 Å². The molecule has 4 rings (SSSR count). The normalized spacial score (nSPS) is 18.9. The molecule has 0 unspecified atom stereocenters. The van der Waals surface area contributed by atoms with Gasteiger partial charge in [0.15, 0.2) is 5.11 Å². The molecule has 1 aliphatic heterocycles. The number of aromatic nitrogens is 1. The van der Waals surface area contributed by atoms with Gasteiger partial charge in [-0.25, -0.2) is 0 Å². The van der Waals surface area contributed by atoms with Crippen molar-refractivity contribution in [2.75, 3.05) is 20.3 Å². The maximum Gasteiger partial charge on any atom is 0.170 e. The van der Waals surface area contributed by atoms with E-state index in [4.69, 9.17) is 21.4 Å². The molecule has 0 bridgehead atoms. The highest BCUT2D eigenvalue weighted by atomic mass is 79.9. The quantitative estimate of drug-likeness (QED) is 0.508. The summed E-state index contributed by atoms with van der Waals surface area (Å²) in [6, 6.07) is 16.0. The molecule has 1 aliphatic rings. The number of rotatable bonds is 6. The molecule has 3 aromatic rings. The fourth-order valence-electron chi connectivity index (χ4n) is 3.62. The third-order valence-corrected chi connectivity index (χ3v) is 6.05. The molecule has 0 radical (unpaired) electrons. The van der Waals surface area contributed by atoms with Crippen LogP contribution in [0.15, 0.2) is 63.6 Å². The maximum atomic E-state index is 6.34. The summed E-state index contributed by atoms with van der Waals surface area (Å²) in [6.45, 7) is 3.31. The van der Waals surface area contributed by atoms with Crippen LogP contribution in [-0.2, 0) is 4.74 Å². The van der Waals surface area contributed by atoms with E-state index >= 15 is 0 Å². The van der Waals surface area contributed by atoms with Crippen LogP contribution in [0.5, 0.6) is 0 Å². The van der Waals surface area contributed by atoms with Gasteiger partial charge in [-0.15, -0.1) is 0 Å². The SMILES string of the molecule is COCCN1C(=S)N[C@@H](c2ccccn2)[C@H]1c1ccc(-c2ccc(C)cc2Br)o1. The zero-order valence-electron chi connectivity index (χ0n) is 16.3. The van der Waals surface area contributed by atoms with Crippen LogP contribution in [0.1, 0.15) is 29.1 Å². The van der Waals surface area contributed by atoms with Crippen molar-refractivity contribution < 1.29 is 9.15 Å². The van der Waals surface area contributed by atoms with Crippen molar-refractivity contribution in [1.29, 1.82) is 0 Å². The summed E-state index contributed by atoms with van der Waals surface area (Å²) in [5.41, 5.74) is 3.14. The topological polar surface area (TPSA) is 50.5 Å². The molecule has 2 atom stereocenters. The van der Waals surface area contributed by atoms with Gasteiger partial charge in [-0.3, -0.25) is 4.98 Å². The van der Waals surface area contributed by atoms with Crippen molar-refractivity contribution in [2.45, 2.75) is 19.0 Å². The van der Waals surface area contributed by atoms with E-state index in [2.05, 4.69) is 56.3 Å². The molecule has 0 aliphatic carbocycles. The van der Waals surface area contributed by atoms with Crippen LogP contribution in [0.25, 0.3) is 11.3 Å². The molecule has 0 spiro atoms. The second-order valence-corrected chi connectivity index (χ2v) is 8.24. The Balaban J connectivity index is 1.72. The van der Waals surface area contributed by atoms with Gasteiger partial charge in [0.25, 0.3) is 0 Å². The van der Waals surface area contributed by atoms with E-state index in [1.54, 1.807) is 13.3 Å². The highest BCUT2D eigenvalue weighted by molar-refractivity contribution is 9.10. The smallest absolute Gasteiger partial charge is 0.170 e. The first-order chi connectivity index (χ1) is 14.1. The second-order valence-electron chi connectivity index (χ2n) is 7.00. The van der Waals surface area contributed by atoms with Crippen molar-refractivity contribution in [3.8, 4) is 11.3 Å². The van der Waals surface area contributed by atoms with Crippen LogP contribution in [-0.4, -0.2) is 35.3 Å². The number of hydrogen-bond donors (Lipinski definition) is 1. The van der Waals surface area contributed by atoms with Crippen molar-refractivity contribution in [1.82, 2.24) is 15.2 Å². The van der Waals surface area contributed by atoms with E-state index < -0.39 is 0 Å². The van der Waals surface area contributed by atoms with E-state index in [9.17, 15) is 0 Å². The number of nitrogens with one attached hydrogen (secondary N) is 1. The number of aryl methyl sites for hydroxylation is 1. The molecule has 29 heavy (non-hydrogen) atoms. The Morgan fingerprint density at radius 3 is 2.83 bits per heavy atom. The minimum absolute atomic E-state index is 0.0963. The Kier molecular flexibility index (Phi) is 5.99. The molecule has 1 N–H and O–H groups in total. The number of benzene rings is 1. The zero-order valence-corrected chi connectivity index (χ0v) is 18.7. The summed E-state index contributed by atoms with van der Waals surface area (Å²) in [7, 11) is 1.69. The molecule has 5 nitrogen and oxygen atoms in total. The number of methoxy groups -OCH3 is 1. The number of thiocarbonyl (C=S) groups is 1. The summed E-state index contributed by atoms with van der Waals surface area (Å²) < 4.78 is 12.7. The standard InChI is InChI=1S/C22H22BrN3O2S/c1-14-6-7-15(16(23)13-14)18-8-9-19(28-18)21-20(17-5-3-4-10-24-17)25-22(29)26(21)11-12-27-2/h3-10,13,20-21H,11-12H2,1-2H3,(H,25,29)/t20-,21+/m0/s1. The predicted molar refractivity (Wildman–Crippen MR) is 121 cm³/mol. The van der Waals surface area contributed by atoms with E-state index in [1.165, 1.54) is 5.56 Å². The molecular formula is C22H22BrN3O2S. The van der Waals surface area contributed by atoms with Crippen molar-refractivity contribution in [3.05, 3.63) is 76.2 Å². The van der Waals surface area contributed by atoms with Gasteiger partial charge < -0.3 is 19.4 Å². The van der Waals surface area contributed by atoms with Crippen molar-refractivity contribution in [2.24, 2.45) is 0 Å². The largest absolute Gasteiger partial charge is 0.459 e. The fourth-order valence-corrected chi connectivity index (χ4v) is 4.64. The van der Waals surface area contributed by atoms with E-state index in [1.807, 2.05) is 30.3 Å². The highest BCUT2D eigenvalue weighted by Gasteiger charge is 2.41. The first kappa shape index (κ1) is 20.1. The average molecular weight is 472 g/mol.